The highest BCUT2D eigenvalue weighted by atomic mass is 35.5. The number of carbonyl (C=O) groups excluding carboxylic acids is 1. The predicted molar refractivity (Wildman–Crippen MR) is 123 cm³/mol. The van der Waals surface area contributed by atoms with E-state index in [-0.39, 0.29) is 22.4 Å². The fraction of sp³-hybridized carbons (Fsp3) is 0.227. The second-order valence-electron chi connectivity index (χ2n) is 7.52. The van der Waals surface area contributed by atoms with Crippen LogP contribution in [0.5, 0.6) is 0 Å². The van der Waals surface area contributed by atoms with Gasteiger partial charge in [0.1, 0.15) is 4.90 Å². The number of nitrogens with one attached hydrogen (secondary N) is 2. The summed E-state index contributed by atoms with van der Waals surface area (Å²) in [7, 11) is -3.73. The molecule has 6 nitrogen and oxygen atoms in total. The van der Waals surface area contributed by atoms with Gasteiger partial charge in [-0.1, -0.05) is 53.5 Å². The lowest BCUT2D eigenvalue weighted by Crippen LogP contribution is -3.15. The molecule has 0 unspecified atom stereocenters. The number of fused-ring (bicyclic) bond motifs is 1. The van der Waals surface area contributed by atoms with E-state index in [1.54, 1.807) is 6.07 Å². The highest BCUT2D eigenvalue weighted by molar-refractivity contribution is 7.89. The maximum atomic E-state index is 12.9. The number of amides is 1. The zero-order valence-electron chi connectivity index (χ0n) is 16.6. The summed E-state index contributed by atoms with van der Waals surface area (Å²) in [6.45, 7) is 1.96. The van der Waals surface area contributed by atoms with Gasteiger partial charge in [0, 0.05) is 10.7 Å². The molecule has 0 radical (unpaired) electrons. The Morgan fingerprint density at radius 3 is 2.42 bits per heavy atom. The molecule has 0 bridgehead atoms. The van der Waals surface area contributed by atoms with E-state index < -0.39 is 10.0 Å². The number of anilines is 1. The minimum absolute atomic E-state index is 0.0131. The summed E-state index contributed by atoms with van der Waals surface area (Å²) >= 11 is 12.0. The van der Waals surface area contributed by atoms with Crippen molar-refractivity contribution in [2.75, 3.05) is 38.0 Å². The minimum atomic E-state index is -3.73. The molecule has 4 rings (SSSR count). The van der Waals surface area contributed by atoms with E-state index in [9.17, 15) is 13.2 Å². The van der Waals surface area contributed by atoms with Gasteiger partial charge in [0.25, 0.3) is 5.91 Å². The summed E-state index contributed by atoms with van der Waals surface area (Å²) < 4.78 is 27.3. The van der Waals surface area contributed by atoms with Gasteiger partial charge in [0.05, 0.1) is 31.2 Å². The van der Waals surface area contributed by atoms with Crippen LogP contribution >= 0.6 is 23.2 Å². The molecule has 0 spiro atoms. The molecule has 0 atom stereocenters. The van der Waals surface area contributed by atoms with E-state index >= 15 is 0 Å². The first kappa shape index (κ1) is 22.0. The normalized spacial score (nSPS) is 15.8. The molecule has 9 heteroatoms. The van der Waals surface area contributed by atoms with Gasteiger partial charge in [-0.25, -0.2) is 8.42 Å². The van der Waals surface area contributed by atoms with Crippen molar-refractivity contribution in [2.45, 2.75) is 4.90 Å². The average Bonchev–Trinajstić information content (AvgIpc) is 2.75. The quantitative estimate of drug-likeness (QED) is 0.592. The largest absolute Gasteiger partial charge is 0.325 e. The number of nitrogens with zero attached hydrogens (tertiary/aromatic N) is 1. The van der Waals surface area contributed by atoms with Crippen molar-refractivity contribution in [1.82, 2.24) is 4.31 Å². The molecular formula is C22H22Cl2N3O3S+. The van der Waals surface area contributed by atoms with Crippen LogP contribution in [0.1, 0.15) is 0 Å². The van der Waals surface area contributed by atoms with Crippen LogP contribution in [0, 0.1) is 0 Å². The van der Waals surface area contributed by atoms with Crippen LogP contribution in [0.2, 0.25) is 10.0 Å². The smallest absolute Gasteiger partial charge is 0.279 e. The van der Waals surface area contributed by atoms with Crippen molar-refractivity contribution in [3.05, 3.63) is 70.7 Å². The van der Waals surface area contributed by atoms with E-state index in [1.165, 1.54) is 16.4 Å². The summed E-state index contributed by atoms with van der Waals surface area (Å²) in [6, 6.07) is 18.2. The molecule has 1 amide bonds. The van der Waals surface area contributed by atoms with Gasteiger partial charge in [0.15, 0.2) is 6.54 Å². The van der Waals surface area contributed by atoms with Crippen molar-refractivity contribution in [2.24, 2.45) is 0 Å². The van der Waals surface area contributed by atoms with Crippen LogP contribution in [0.3, 0.4) is 0 Å². The highest BCUT2D eigenvalue weighted by Crippen LogP contribution is 2.27. The van der Waals surface area contributed by atoms with Crippen molar-refractivity contribution < 1.29 is 18.1 Å². The lowest BCUT2D eigenvalue weighted by molar-refractivity contribution is -0.895. The number of sulfonamides is 1. The Morgan fingerprint density at radius 1 is 0.968 bits per heavy atom. The van der Waals surface area contributed by atoms with Crippen LogP contribution < -0.4 is 10.2 Å². The number of carbonyl (C=O) groups is 1. The fourth-order valence-corrected chi connectivity index (χ4v) is 5.91. The fourth-order valence-electron chi connectivity index (χ4n) is 3.73. The SMILES string of the molecule is O=C(C[NH+]1CCN(S(=O)(=O)c2cc(Cl)ccc2Cl)CC1)Nc1ccc2ccccc2c1. The zero-order chi connectivity index (χ0) is 22.0. The topological polar surface area (TPSA) is 70.9 Å². The molecule has 1 fully saturated rings. The van der Waals surface area contributed by atoms with E-state index in [2.05, 4.69) is 5.32 Å². The number of halogens is 2. The van der Waals surface area contributed by atoms with E-state index in [0.717, 1.165) is 21.4 Å². The molecule has 1 saturated heterocycles. The summed E-state index contributed by atoms with van der Waals surface area (Å²) in [5, 5.41) is 5.58. The van der Waals surface area contributed by atoms with Crippen LogP contribution in [0.15, 0.2) is 65.6 Å². The Bertz CT molecular complexity index is 1230. The molecule has 31 heavy (non-hydrogen) atoms. The molecule has 3 aromatic carbocycles. The Morgan fingerprint density at radius 2 is 1.68 bits per heavy atom. The maximum absolute atomic E-state index is 12.9. The second-order valence-corrected chi connectivity index (χ2v) is 10.3. The minimum Gasteiger partial charge on any atom is -0.325 e. The van der Waals surface area contributed by atoms with Crippen LogP contribution in [0.25, 0.3) is 10.8 Å². The molecule has 0 saturated carbocycles. The summed E-state index contributed by atoms with van der Waals surface area (Å²) in [4.78, 5) is 13.5. The lowest BCUT2D eigenvalue weighted by Gasteiger charge is -2.31. The standard InChI is InChI=1S/C22H21Cl2N3O3S/c23-18-6-8-20(24)21(14-18)31(29,30)27-11-9-26(10-12-27)15-22(28)25-19-7-5-16-3-1-2-4-17(16)13-19/h1-8,13-14H,9-12,15H2,(H,25,28)/p+1. The Balaban J connectivity index is 1.35. The maximum Gasteiger partial charge on any atom is 0.279 e. The lowest BCUT2D eigenvalue weighted by atomic mass is 10.1. The number of benzene rings is 3. The number of quaternary nitrogens is 1. The summed E-state index contributed by atoms with van der Waals surface area (Å²) in [5.41, 5.74) is 0.750. The summed E-state index contributed by atoms with van der Waals surface area (Å²) in [5.74, 6) is -0.0977. The Hall–Kier alpha value is -2.16. The van der Waals surface area contributed by atoms with Crippen LogP contribution in [-0.2, 0) is 14.8 Å². The molecule has 0 aliphatic carbocycles. The highest BCUT2D eigenvalue weighted by Gasteiger charge is 2.32. The molecule has 1 aliphatic rings. The van der Waals surface area contributed by atoms with Crippen molar-refractivity contribution in [3.8, 4) is 0 Å². The van der Waals surface area contributed by atoms with Crippen LogP contribution in [0.4, 0.5) is 5.69 Å². The first-order valence-electron chi connectivity index (χ1n) is 9.90. The van der Waals surface area contributed by atoms with Gasteiger partial charge in [-0.3, -0.25) is 4.79 Å². The van der Waals surface area contributed by atoms with Crippen molar-refractivity contribution >= 4 is 55.6 Å². The van der Waals surface area contributed by atoms with E-state index in [1.807, 2.05) is 42.5 Å². The summed E-state index contributed by atoms with van der Waals surface area (Å²) in [6.07, 6.45) is 0. The number of rotatable bonds is 5. The third-order valence-electron chi connectivity index (χ3n) is 5.38. The zero-order valence-corrected chi connectivity index (χ0v) is 19.0. The molecule has 0 aromatic heterocycles. The van der Waals surface area contributed by atoms with Crippen molar-refractivity contribution in [3.63, 3.8) is 0 Å². The third-order valence-corrected chi connectivity index (χ3v) is 8.00. The molecule has 162 valence electrons. The third kappa shape index (κ3) is 5.02. The molecule has 3 aromatic rings. The first-order chi connectivity index (χ1) is 14.8. The molecule has 1 aliphatic heterocycles. The Kier molecular flexibility index (Phi) is 6.50. The van der Waals surface area contributed by atoms with Gasteiger partial charge in [-0.15, -0.1) is 0 Å². The van der Waals surface area contributed by atoms with Crippen LogP contribution in [-0.4, -0.2) is 51.4 Å². The Labute approximate surface area is 191 Å². The van der Waals surface area contributed by atoms with E-state index in [0.29, 0.717) is 31.2 Å². The molecule has 1 heterocycles. The number of hydrogen-bond acceptors (Lipinski definition) is 3. The molecule has 2 N–H and O–H groups in total. The predicted octanol–water partition coefficient (Wildman–Crippen LogP) is 2.67. The van der Waals surface area contributed by atoms with Gasteiger partial charge in [0.2, 0.25) is 10.0 Å². The van der Waals surface area contributed by atoms with Gasteiger partial charge < -0.3 is 10.2 Å². The number of piperazine rings is 1. The van der Waals surface area contributed by atoms with Crippen molar-refractivity contribution in [1.29, 1.82) is 0 Å². The average molecular weight is 479 g/mol. The first-order valence-corrected chi connectivity index (χ1v) is 12.1. The monoisotopic (exact) mass is 478 g/mol. The van der Waals surface area contributed by atoms with Gasteiger partial charge in [-0.05, 0) is 41.1 Å². The molecular weight excluding hydrogens is 457 g/mol. The second kappa shape index (κ2) is 9.14. The van der Waals surface area contributed by atoms with E-state index in [4.69, 9.17) is 23.2 Å². The van der Waals surface area contributed by atoms with Gasteiger partial charge >= 0.3 is 0 Å². The van der Waals surface area contributed by atoms with Gasteiger partial charge in [-0.2, -0.15) is 4.31 Å². The number of hydrogen-bond donors (Lipinski definition) is 2.